The summed E-state index contributed by atoms with van der Waals surface area (Å²) in [5.74, 6) is 0.265. The Kier molecular flexibility index (Phi) is 8.25. The molecule has 0 aromatic heterocycles. The summed E-state index contributed by atoms with van der Waals surface area (Å²) in [7, 11) is 0. The number of phenols is 1. The van der Waals surface area contributed by atoms with E-state index >= 15 is 0 Å². The average Bonchev–Trinajstić information content (AvgIpc) is 2.19. The first kappa shape index (κ1) is 16.7. The first-order chi connectivity index (χ1) is 7.06. The van der Waals surface area contributed by atoms with E-state index in [1.54, 1.807) is 0 Å². The summed E-state index contributed by atoms with van der Waals surface area (Å²) in [5.41, 5.74) is 6.71. The van der Waals surface area contributed by atoms with Crippen LogP contribution >= 0.6 is 57.6 Å². The third kappa shape index (κ3) is 4.52. The van der Waals surface area contributed by atoms with Gasteiger partial charge in [-0.15, -0.1) is 12.4 Å². The molecule has 0 saturated carbocycles. The smallest absolute Gasteiger partial charge is 0.133 e. The van der Waals surface area contributed by atoms with Gasteiger partial charge in [-0.25, -0.2) is 0 Å². The number of halogens is 3. The van der Waals surface area contributed by atoms with E-state index in [2.05, 4.69) is 45.2 Å². The van der Waals surface area contributed by atoms with Gasteiger partial charge in [-0.05, 0) is 70.2 Å². The van der Waals surface area contributed by atoms with Crippen molar-refractivity contribution in [3.05, 3.63) is 24.8 Å². The molecule has 0 aliphatic rings. The van der Waals surface area contributed by atoms with Crippen molar-refractivity contribution < 1.29 is 10.2 Å². The topological polar surface area (TPSA) is 66.5 Å². The van der Waals surface area contributed by atoms with Crippen LogP contribution in [0.3, 0.4) is 0 Å². The van der Waals surface area contributed by atoms with Crippen molar-refractivity contribution >= 4 is 57.6 Å². The molecule has 1 aromatic carbocycles. The standard InChI is InChI=1S/C10H13I2NO2.ClH/c11-6-4-7(9(13)2-1-3-14)10(15)8(12)5-6;/h4-5,9,14-15H,1-3,13H2;1H/t9-;/m0./s1. The third-order valence-corrected chi connectivity index (χ3v) is 3.58. The van der Waals surface area contributed by atoms with Crippen molar-refractivity contribution in [3.63, 3.8) is 0 Å². The average molecular weight is 469 g/mol. The van der Waals surface area contributed by atoms with Crippen LogP contribution in [0.2, 0.25) is 0 Å². The molecule has 0 heterocycles. The van der Waals surface area contributed by atoms with E-state index < -0.39 is 0 Å². The van der Waals surface area contributed by atoms with Crippen LogP contribution in [-0.4, -0.2) is 16.8 Å². The zero-order chi connectivity index (χ0) is 11.4. The molecular formula is C10H14ClI2NO2. The Balaban J connectivity index is 0.00000225. The molecule has 4 N–H and O–H groups in total. The maximum atomic E-state index is 9.84. The fraction of sp³-hybridized carbons (Fsp3) is 0.400. The lowest BCUT2D eigenvalue weighted by Gasteiger charge is -2.14. The lowest BCUT2D eigenvalue weighted by Crippen LogP contribution is -2.11. The van der Waals surface area contributed by atoms with Gasteiger partial charge in [0.05, 0.1) is 3.57 Å². The van der Waals surface area contributed by atoms with Crippen LogP contribution in [0.25, 0.3) is 0 Å². The van der Waals surface area contributed by atoms with E-state index in [1.807, 2.05) is 12.1 Å². The molecule has 0 unspecified atom stereocenters. The fourth-order valence-electron chi connectivity index (χ4n) is 1.34. The highest BCUT2D eigenvalue weighted by molar-refractivity contribution is 14.1. The van der Waals surface area contributed by atoms with Crippen LogP contribution in [0.1, 0.15) is 24.4 Å². The van der Waals surface area contributed by atoms with E-state index in [1.165, 1.54) is 0 Å². The highest BCUT2D eigenvalue weighted by Gasteiger charge is 2.13. The molecule has 0 radical (unpaired) electrons. The van der Waals surface area contributed by atoms with Crippen LogP contribution in [0.15, 0.2) is 12.1 Å². The maximum absolute atomic E-state index is 9.84. The number of hydrogen-bond donors (Lipinski definition) is 3. The van der Waals surface area contributed by atoms with Crippen LogP contribution in [0.4, 0.5) is 0 Å². The summed E-state index contributed by atoms with van der Waals surface area (Å²) in [6.45, 7) is 0.134. The van der Waals surface area contributed by atoms with Gasteiger partial charge in [-0.3, -0.25) is 0 Å². The van der Waals surface area contributed by atoms with E-state index in [4.69, 9.17) is 10.8 Å². The quantitative estimate of drug-likeness (QED) is 0.595. The molecule has 6 heteroatoms. The van der Waals surface area contributed by atoms with Crippen molar-refractivity contribution in [3.8, 4) is 5.75 Å². The lowest BCUT2D eigenvalue weighted by molar-refractivity contribution is 0.279. The predicted molar refractivity (Wildman–Crippen MR) is 84.0 cm³/mol. The molecule has 1 aromatic rings. The molecule has 0 fully saturated rings. The van der Waals surface area contributed by atoms with Crippen molar-refractivity contribution in [2.45, 2.75) is 18.9 Å². The fourth-order valence-corrected chi connectivity index (χ4v) is 3.22. The zero-order valence-corrected chi connectivity index (χ0v) is 13.6. The first-order valence-electron chi connectivity index (χ1n) is 4.60. The number of hydrogen-bond acceptors (Lipinski definition) is 3. The molecule has 1 rings (SSSR count). The van der Waals surface area contributed by atoms with Crippen LogP contribution in [0, 0.1) is 7.14 Å². The number of aliphatic hydroxyl groups excluding tert-OH is 1. The SMILES string of the molecule is Cl.N[C@@H](CCCO)c1cc(I)cc(I)c1O. The molecule has 0 spiro atoms. The Morgan fingerprint density at radius 1 is 1.31 bits per heavy atom. The van der Waals surface area contributed by atoms with Gasteiger partial charge >= 0.3 is 0 Å². The van der Waals surface area contributed by atoms with Crippen molar-refractivity contribution in [1.29, 1.82) is 0 Å². The molecule has 16 heavy (non-hydrogen) atoms. The summed E-state index contributed by atoms with van der Waals surface area (Å²) in [4.78, 5) is 0. The van der Waals surface area contributed by atoms with Gasteiger partial charge in [0, 0.05) is 21.8 Å². The van der Waals surface area contributed by atoms with E-state index in [0.717, 1.165) is 12.7 Å². The van der Waals surface area contributed by atoms with Gasteiger partial charge in [0.25, 0.3) is 0 Å². The van der Waals surface area contributed by atoms with Gasteiger partial charge in [-0.2, -0.15) is 0 Å². The third-order valence-electron chi connectivity index (χ3n) is 2.13. The molecule has 3 nitrogen and oxygen atoms in total. The second-order valence-corrected chi connectivity index (χ2v) is 5.71. The van der Waals surface area contributed by atoms with Gasteiger partial charge in [0.2, 0.25) is 0 Å². The van der Waals surface area contributed by atoms with E-state index in [0.29, 0.717) is 12.8 Å². The van der Waals surface area contributed by atoms with E-state index in [9.17, 15) is 5.11 Å². The summed E-state index contributed by atoms with van der Waals surface area (Å²) >= 11 is 4.28. The van der Waals surface area contributed by atoms with Gasteiger partial charge in [-0.1, -0.05) is 0 Å². The minimum atomic E-state index is -0.208. The minimum Gasteiger partial charge on any atom is -0.506 e. The Morgan fingerprint density at radius 3 is 2.50 bits per heavy atom. The molecule has 0 aliphatic heterocycles. The Bertz CT molecular complexity index is 350. The number of rotatable bonds is 4. The Hall–Kier alpha value is 0.690. The Morgan fingerprint density at radius 2 is 1.94 bits per heavy atom. The highest BCUT2D eigenvalue weighted by atomic mass is 127. The normalized spacial score (nSPS) is 12.0. The molecule has 1 atom stereocenters. The van der Waals surface area contributed by atoms with Gasteiger partial charge in [0.15, 0.2) is 0 Å². The molecule has 0 saturated heterocycles. The van der Waals surface area contributed by atoms with Crippen molar-refractivity contribution in [2.75, 3.05) is 6.61 Å². The van der Waals surface area contributed by atoms with Crippen LogP contribution in [-0.2, 0) is 0 Å². The second-order valence-electron chi connectivity index (χ2n) is 3.30. The minimum absolute atomic E-state index is 0. The summed E-state index contributed by atoms with van der Waals surface area (Å²) in [6.07, 6.45) is 1.34. The summed E-state index contributed by atoms with van der Waals surface area (Å²) < 4.78 is 1.87. The number of aliphatic hydroxyl groups is 1. The molecule has 0 amide bonds. The molecule has 0 bridgehead atoms. The number of nitrogens with two attached hydrogens (primary N) is 1. The monoisotopic (exact) mass is 469 g/mol. The van der Waals surface area contributed by atoms with Crippen LogP contribution in [0.5, 0.6) is 5.75 Å². The maximum Gasteiger partial charge on any atom is 0.133 e. The highest BCUT2D eigenvalue weighted by Crippen LogP contribution is 2.31. The molecule has 0 aliphatic carbocycles. The van der Waals surface area contributed by atoms with Crippen molar-refractivity contribution in [2.24, 2.45) is 5.73 Å². The number of benzene rings is 1. The van der Waals surface area contributed by atoms with E-state index in [-0.39, 0.29) is 30.8 Å². The number of phenolic OH excluding ortho intramolecular Hbond substituents is 1. The first-order valence-corrected chi connectivity index (χ1v) is 6.76. The second kappa shape index (κ2) is 7.91. The summed E-state index contributed by atoms with van der Waals surface area (Å²) in [6, 6.07) is 3.58. The lowest BCUT2D eigenvalue weighted by atomic mass is 10.0. The van der Waals surface area contributed by atoms with Crippen LogP contribution < -0.4 is 5.73 Å². The summed E-state index contributed by atoms with van der Waals surface area (Å²) in [5, 5.41) is 18.6. The van der Waals surface area contributed by atoms with Gasteiger partial charge in [0.1, 0.15) is 5.75 Å². The predicted octanol–water partition coefficient (Wildman–Crippen LogP) is 2.80. The molecular weight excluding hydrogens is 455 g/mol. The van der Waals surface area contributed by atoms with Gasteiger partial charge < -0.3 is 15.9 Å². The van der Waals surface area contributed by atoms with Crippen molar-refractivity contribution in [1.82, 2.24) is 0 Å². The zero-order valence-electron chi connectivity index (χ0n) is 8.49. The Labute approximate surface area is 128 Å². The largest absolute Gasteiger partial charge is 0.506 e. The molecule has 92 valence electrons. The number of aromatic hydroxyl groups is 1.